The fourth-order valence-corrected chi connectivity index (χ4v) is 3.18. The lowest BCUT2D eigenvalue weighted by atomic mass is 10.0. The maximum absolute atomic E-state index is 12.6. The molecule has 1 heterocycles. The minimum atomic E-state index is 0.109. The number of fused-ring (bicyclic) bond motifs is 1. The summed E-state index contributed by atoms with van der Waals surface area (Å²) in [6.45, 7) is 3.53. The van der Waals surface area contributed by atoms with Crippen molar-refractivity contribution in [2.24, 2.45) is 5.92 Å². The van der Waals surface area contributed by atoms with Crippen LogP contribution in [-0.2, 0) is 4.79 Å². The van der Waals surface area contributed by atoms with Crippen molar-refractivity contribution < 1.29 is 14.3 Å². The molecule has 118 valence electrons. The molecule has 3 aliphatic rings. The van der Waals surface area contributed by atoms with Crippen molar-refractivity contribution in [3.63, 3.8) is 0 Å². The molecule has 1 amide bonds. The summed E-state index contributed by atoms with van der Waals surface area (Å²) in [6, 6.07) is 6.67. The van der Waals surface area contributed by atoms with Gasteiger partial charge in [0.2, 0.25) is 5.91 Å². The predicted octanol–water partition coefficient (Wildman–Crippen LogP) is 3.31. The highest BCUT2D eigenvalue weighted by molar-refractivity contribution is 5.82. The smallest absolute Gasteiger partial charge is 0.226 e. The van der Waals surface area contributed by atoms with Gasteiger partial charge in [-0.05, 0) is 50.3 Å². The Kier molecular flexibility index (Phi) is 3.47. The highest BCUT2D eigenvalue weighted by Gasteiger charge is 2.42. The van der Waals surface area contributed by atoms with Gasteiger partial charge < -0.3 is 14.4 Å². The second-order valence-corrected chi connectivity index (χ2v) is 6.68. The second kappa shape index (κ2) is 5.49. The number of carbonyl (C=O) groups excluding carboxylic acids is 1. The van der Waals surface area contributed by atoms with E-state index in [1.54, 1.807) is 0 Å². The molecule has 2 fully saturated rings. The van der Waals surface area contributed by atoms with Crippen molar-refractivity contribution in [1.29, 1.82) is 0 Å². The third-order valence-electron chi connectivity index (χ3n) is 4.79. The van der Waals surface area contributed by atoms with Gasteiger partial charge in [0.05, 0.1) is 19.3 Å². The van der Waals surface area contributed by atoms with Crippen LogP contribution in [0, 0.1) is 5.92 Å². The average Bonchev–Trinajstić information content (AvgIpc) is 3.41. The van der Waals surface area contributed by atoms with E-state index in [-0.39, 0.29) is 12.0 Å². The van der Waals surface area contributed by atoms with Crippen LogP contribution >= 0.6 is 0 Å². The lowest BCUT2D eigenvalue weighted by Gasteiger charge is -2.30. The Hall–Kier alpha value is -1.71. The van der Waals surface area contributed by atoms with Gasteiger partial charge in [0.1, 0.15) is 0 Å². The van der Waals surface area contributed by atoms with Gasteiger partial charge in [-0.2, -0.15) is 0 Å². The van der Waals surface area contributed by atoms with Crippen LogP contribution in [0.4, 0.5) is 0 Å². The molecule has 22 heavy (non-hydrogen) atoms. The topological polar surface area (TPSA) is 38.8 Å². The molecule has 0 bridgehead atoms. The Balaban J connectivity index is 1.59. The molecule has 1 aromatic rings. The number of carbonyl (C=O) groups is 1. The zero-order valence-electron chi connectivity index (χ0n) is 13.1. The van der Waals surface area contributed by atoms with E-state index in [1.165, 1.54) is 0 Å². The molecule has 2 aliphatic carbocycles. The molecule has 0 radical (unpaired) electrons. The maximum Gasteiger partial charge on any atom is 0.226 e. The van der Waals surface area contributed by atoms with Crippen molar-refractivity contribution in [1.82, 2.24) is 4.90 Å². The van der Waals surface area contributed by atoms with Gasteiger partial charge in [-0.3, -0.25) is 4.79 Å². The molecule has 4 rings (SSSR count). The molecule has 2 saturated carbocycles. The quantitative estimate of drug-likeness (QED) is 0.856. The Morgan fingerprint density at radius 3 is 2.55 bits per heavy atom. The number of amides is 1. The van der Waals surface area contributed by atoms with Crippen LogP contribution in [0.25, 0.3) is 0 Å². The molecule has 4 nitrogen and oxygen atoms in total. The van der Waals surface area contributed by atoms with E-state index in [4.69, 9.17) is 9.47 Å². The van der Waals surface area contributed by atoms with Crippen LogP contribution in [-0.4, -0.2) is 30.1 Å². The van der Waals surface area contributed by atoms with Gasteiger partial charge >= 0.3 is 0 Å². The highest BCUT2D eigenvalue weighted by Crippen LogP contribution is 2.42. The first kappa shape index (κ1) is 13.9. The van der Waals surface area contributed by atoms with E-state index in [2.05, 4.69) is 24.0 Å². The first-order chi connectivity index (χ1) is 10.7. The largest absolute Gasteiger partial charge is 0.490 e. The molecule has 1 aromatic carbocycles. The number of rotatable bonds is 4. The van der Waals surface area contributed by atoms with E-state index < -0.39 is 0 Å². The Bertz CT molecular complexity index is 578. The lowest BCUT2D eigenvalue weighted by molar-refractivity contribution is -0.135. The SMILES string of the molecule is C[C@@H](c1ccc2c(c1)OCCCO2)N(C(=O)C1CC1)C1CC1. The molecule has 0 N–H and O–H groups in total. The van der Waals surface area contributed by atoms with Crippen molar-refractivity contribution in [2.75, 3.05) is 13.2 Å². The zero-order valence-corrected chi connectivity index (χ0v) is 13.1. The summed E-state index contributed by atoms with van der Waals surface area (Å²) in [6.07, 6.45) is 5.33. The van der Waals surface area contributed by atoms with Crippen molar-refractivity contribution in [3.8, 4) is 11.5 Å². The van der Waals surface area contributed by atoms with E-state index in [1.807, 2.05) is 6.07 Å². The zero-order chi connectivity index (χ0) is 15.1. The molecule has 0 unspecified atom stereocenters. The van der Waals surface area contributed by atoms with Gasteiger partial charge in [0.15, 0.2) is 11.5 Å². The summed E-state index contributed by atoms with van der Waals surface area (Å²) < 4.78 is 11.5. The fourth-order valence-electron chi connectivity index (χ4n) is 3.18. The molecular formula is C18H23NO3. The Labute approximate surface area is 131 Å². The Morgan fingerprint density at radius 2 is 1.86 bits per heavy atom. The number of hydrogen-bond acceptors (Lipinski definition) is 3. The molecule has 0 saturated heterocycles. The summed E-state index contributed by atoms with van der Waals surface area (Å²) in [5.74, 6) is 2.27. The minimum Gasteiger partial charge on any atom is -0.490 e. The van der Waals surface area contributed by atoms with Gasteiger partial charge in [-0.1, -0.05) is 6.07 Å². The van der Waals surface area contributed by atoms with Crippen LogP contribution in [0.15, 0.2) is 18.2 Å². The van der Waals surface area contributed by atoms with Crippen LogP contribution in [0.1, 0.15) is 50.6 Å². The first-order valence-corrected chi connectivity index (χ1v) is 8.46. The van der Waals surface area contributed by atoms with Crippen LogP contribution in [0.3, 0.4) is 0 Å². The highest BCUT2D eigenvalue weighted by atomic mass is 16.5. The molecule has 0 spiro atoms. The second-order valence-electron chi connectivity index (χ2n) is 6.68. The monoisotopic (exact) mass is 301 g/mol. The third kappa shape index (κ3) is 2.67. The van der Waals surface area contributed by atoms with E-state index in [0.29, 0.717) is 25.2 Å². The summed E-state index contributed by atoms with van der Waals surface area (Å²) >= 11 is 0. The number of ether oxygens (including phenoxy) is 2. The van der Waals surface area contributed by atoms with Gasteiger partial charge in [0.25, 0.3) is 0 Å². The fraction of sp³-hybridized carbons (Fsp3) is 0.611. The predicted molar refractivity (Wildman–Crippen MR) is 83.1 cm³/mol. The number of hydrogen-bond donors (Lipinski definition) is 0. The summed E-state index contributed by atoms with van der Waals surface area (Å²) in [4.78, 5) is 14.7. The number of nitrogens with zero attached hydrogens (tertiary/aromatic N) is 1. The van der Waals surface area contributed by atoms with Crippen LogP contribution in [0.2, 0.25) is 0 Å². The summed E-state index contributed by atoms with van der Waals surface area (Å²) in [5.41, 5.74) is 1.14. The standard InChI is InChI=1S/C18H23NO3/c1-12(19(15-6-7-15)18(20)13-3-4-13)14-5-8-16-17(11-14)22-10-2-9-21-16/h5,8,11-13,15H,2-4,6-7,9-10H2,1H3/t12-/m0/s1. The molecular weight excluding hydrogens is 278 g/mol. The molecule has 1 atom stereocenters. The molecule has 4 heteroatoms. The average molecular weight is 301 g/mol. The van der Waals surface area contributed by atoms with Crippen molar-refractivity contribution in [2.45, 2.75) is 51.1 Å². The normalized spacial score (nSPS) is 21.9. The maximum atomic E-state index is 12.6. The van der Waals surface area contributed by atoms with Gasteiger partial charge in [-0.25, -0.2) is 0 Å². The van der Waals surface area contributed by atoms with Crippen LogP contribution < -0.4 is 9.47 Å². The summed E-state index contributed by atoms with van der Waals surface area (Å²) in [5, 5.41) is 0. The first-order valence-electron chi connectivity index (χ1n) is 8.46. The Morgan fingerprint density at radius 1 is 1.14 bits per heavy atom. The van der Waals surface area contributed by atoms with E-state index in [0.717, 1.165) is 49.2 Å². The van der Waals surface area contributed by atoms with E-state index in [9.17, 15) is 4.79 Å². The molecule has 0 aromatic heterocycles. The summed E-state index contributed by atoms with van der Waals surface area (Å²) in [7, 11) is 0. The van der Waals surface area contributed by atoms with Gasteiger partial charge in [-0.15, -0.1) is 0 Å². The lowest BCUT2D eigenvalue weighted by Crippen LogP contribution is -2.36. The van der Waals surface area contributed by atoms with Crippen LogP contribution in [0.5, 0.6) is 11.5 Å². The van der Waals surface area contributed by atoms with E-state index >= 15 is 0 Å². The minimum absolute atomic E-state index is 0.109. The van der Waals surface area contributed by atoms with Gasteiger partial charge in [0, 0.05) is 18.4 Å². The third-order valence-corrected chi connectivity index (χ3v) is 4.79. The number of benzene rings is 1. The van der Waals surface area contributed by atoms with Crippen molar-refractivity contribution >= 4 is 5.91 Å². The molecule has 1 aliphatic heterocycles. The van der Waals surface area contributed by atoms with Crippen molar-refractivity contribution in [3.05, 3.63) is 23.8 Å².